The van der Waals surface area contributed by atoms with Crippen molar-refractivity contribution in [2.75, 3.05) is 17.2 Å². The van der Waals surface area contributed by atoms with E-state index in [2.05, 4.69) is 43.5 Å². The van der Waals surface area contributed by atoms with Gasteiger partial charge in [-0.05, 0) is 41.6 Å². The summed E-state index contributed by atoms with van der Waals surface area (Å²) in [6.07, 6.45) is 6.50. The van der Waals surface area contributed by atoms with Crippen LogP contribution in [0.5, 0.6) is 0 Å². The third-order valence-corrected chi connectivity index (χ3v) is 3.53. The second kappa shape index (κ2) is 5.48. The Morgan fingerprint density at radius 2 is 2.12 bits per heavy atom. The Kier molecular flexibility index (Phi) is 3.98. The van der Waals surface area contributed by atoms with Gasteiger partial charge < -0.3 is 10.6 Å². The molecule has 0 aliphatic heterocycles. The second-order valence-electron chi connectivity index (χ2n) is 4.08. The van der Waals surface area contributed by atoms with E-state index in [0.717, 1.165) is 29.1 Å². The number of nitrogens with one attached hydrogen (secondary N) is 2. The molecule has 5 heteroatoms. The van der Waals surface area contributed by atoms with Gasteiger partial charge in [-0.2, -0.15) is 0 Å². The van der Waals surface area contributed by atoms with Gasteiger partial charge in [-0.1, -0.05) is 6.92 Å². The van der Waals surface area contributed by atoms with E-state index in [4.69, 9.17) is 0 Å². The summed E-state index contributed by atoms with van der Waals surface area (Å²) in [5.41, 5.74) is 0. The van der Waals surface area contributed by atoms with Crippen molar-refractivity contribution in [1.82, 2.24) is 9.97 Å². The van der Waals surface area contributed by atoms with Crippen LogP contribution in [0.15, 0.2) is 10.8 Å². The van der Waals surface area contributed by atoms with Gasteiger partial charge >= 0.3 is 0 Å². The first-order chi connectivity index (χ1) is 7.81. The van der Waals surface area contributed by atoms with Gasteiger partial charge in [0.2, 0.25) is 0 Å². The Balaban J connectivity index is 2.05. The molecule has 1 fully saturated rings. The van der Waals surface area contributed by atoms with Crippen LogP contribution in [0.4, 0.5) is 11.6 Å². The van der Waals surface area contributed by atoms with Crippen molar-refractivity contribution in [2.24, 2.45) is 0 Å². The third kappa shape index (κ3) is 2.64. The molecule has 0 amide bonds. The average molecular weight is 285 g/mol. The first-order valence-corrected chi connectivity index (χ1v) is 6.61. The van der Waals surface area contributed by atoms with E-state index in [-0.39, 0.29) is 0 Å². The first kappa shape index (κ1) is 11.6. The largest absolute Gasteiger partial charge is 0.369 e. The highest BCUT2D eigenvalue weighted by molar-refractivity contribution is 9.10. The first-order valence-electron chi connectivity index (χ1n) is 5.82. The number of anilines is 2. The van der Waals surface area contributed by atoms with Crippen molar-refractivity contribution >= 4 is 27.6 Å². The van der Waals surface area contributed by atoms with Gasteiger partial charge in [0, 0.05) is 12.6 Å². The number of rotatable bonds is 5. The second-order valence-corrected chi connectivity index (χ2v) is 4.88. The summed E-state index contributed by atoms with van der Waals surface area (Å²) in [5, 5.41) is 6.70. The number of hydrogen-bond donors (Lipinski definition) is 2. The zero-order valence-electron chi connectivity index (χ0n) is 9.46. The summed E-state index contributed by atoms with van der Waals surface area (Å²) in [5.74, 6) is 1.77. The lowest BCUT2D eigenvalue weighted by molar-refractivity contribution is 0.444. The van der Waals surface area contributed by atoms with Crippen molar-refractivity contribution in [3.63, 3.8) is 0 Å². The lowest BCUT2D eigenvalue weighted by atomic mass is 9.93. The molecule has 16 heavy (non-hydrogen) atoms. The van der Waals surface area contributed by atoms with Crippen molar-refractivity contribution in [3.05, 3.63) is 10.8 Å². The highest BCUT2D eigenvalue weighted by Crippen LogP contribution is 2.30. The summed E-state index contributed by atoms with van der Waals surface area (Å²) >= 11 is 3.54. The maximum absolute atomic E-state index is 4.26. The molecular formula is C11H17BrN4. The van der Waals surface area contributed by atoms with Gasteiger partial charge in [-0.15, -0.1) is 0 Å². The van der Waals surface area contributed by atoms with Crippen LogP contribution in [-0.2, 0) is 0 Å². The van der Waals surface area contributed by atoms with Crippen LogP contribution in [0.1, 0.15) is 32.6 Å². The number of halogens is 1. The van der Waals surface area contributed by atoms with Crippen molar-refractivity contribution in [1.29, 1.82) is 0 Å². The van der Waals surface area contributed by atoms with Crippen LogP contribution in [0.3, 0.4) is 0 Å². The number of hydrogen-bond acceptors (Lipinski definition) is 4. The molecule has 0 unspecified atom stereocenters. The van der Waals surface area contributed by atoms with Crippen molar-refractivity contribution in [3.8, 4) is 0 Å². The van der Waals surface area contributed by atoms with Crippen LogP contribution in [0, 0.1) is 0 Å². The van der Waals surface area contributed by atoms with Gasteiger partial charge in [0.1, 0.15) is 22.4 Å². The monoisotopic (exact) mass is 284 g/mol. The fraction of sp³-hybridized carbons (Fsp3) is 0.636. The minimum Gasteiger partial charge on any atom is -0.369 e. The highest BCUT2D eigenvalue weighted by Gasteiger charge is 2.19. The van der Waals surface area contributed by atoms with E-state index in [0.29, 0.717) is 6.04 Å². The van der Waals surface area contributed by atoms with Gasteiger partial charge in [0.05, 0.1) is 0 Å². The maximum atomic E-state index is 4.26. The molecule has 0 saturated heterocycles. The van der Waals surface area contributed by atoms with Crippen LogP contribution in [-0.4, -0.2) is 22.6 Å². The molecule has 0 radical (unpaired) electrons. The standard InChI is InChI=1S/C11H17BrN4/c1-2-6-13-10-9(12)11(15-7-14-10)16-8-4-3-5-8/h7-8H,2-6H2,1H3,(H2,13,14,15,16). The van der Waals surface area contributed by atoms with Crippen LogP contribution in [0.2, 0.25) is 0 Å². The zero-order valence-corrected chi connectivity index (χ0v) is 11.0. The number of aromatic nitrogens is 2. The summed E-state index contributed by atoms with van der Waals surface area (Å²) in [6, 6.07) is 0.588. The predicted molar refractivity (Wildman–Crippen MR) is 69.8 cm³/mol. The minimum atomic E-state index is 0.588. The molecule has 0 atom stereocenters. The van der Waals surface area contributed by atoms with Gasteiger partial charge in [0.25, 0.3) is 0 Å². The Morgan fingerprint density at radius 3 is 2.75 bits per heavy atom. The van der Waals surface area contributed by atoms with E-state index in [1.807, 2.05) is 0 Å². The molecule has 1 aromatic heterocycles. The van der Waals surface area contributed by atoms with Gasteiger partial charge in [-0.25, -0.2) is 9.97 Å². The van der Waals surface area contributed by atoms with Crippen LogP contribution in [0.25, 0.3) is 0 Å². The quantitative estimate of drug-likeness (QED) is 0.873. The van der Waals surface area contributed by atoms with E-state index < -0.39 is 0 Å². The highest BCUT2D eigenvalue weighted by atomic mass is 79.9. The topological polar surface area (TPSA) is 49.8 Å². The smallest absolute Gasteiger partial charge is 0.146 e. The molecule has 1 aliphatic carbocycles. The Bertz CT molecular complexity index is 352. The molecule has 1 aliphatic rings. The summed E-state index contributed by atoms with van der Waals surface area (Å²) < 4.78 is 0.940. The lowest BCUT2D eigenvalue weighted by Crippen LogP contribution is -2.27. The SMILES string of the molecule is CCCNc1ncnc(NC2CCC2)c1Br. The molecule has 1 saturated carbocycles. The summed E-state index contributed by atoms with van der Waals surface area (Å²) in [6.45, 7) is 3.06. The van der Waals surface area contributed by atoms with Crippen molar-refractivity contribution in [2.45, 2.75) is 38.6 Å². The Hall–Kier alpha value is -0.840. The van der Waals surface area contributed by atoms with Crippen LogP contribution >= 0.6 is 15.9 Å². The molecule has 0 aromatic carbocycles. The average Bonchev–Trinajstić information content (AvgIpc) is 2.23. The van der Waals surface area contributed by atoms with Gasteiger partial charge in [-0.3, -0.25) is 0 Å². The maximum Gasteiger partial charge on any atom is 0.146 e. The van der Waals surface area contributed by atoms with Gasteiger partial charge in [0.15, 0.2) is 0 Å². The Morgan fingerprint density at radius 1 is 1.38 bits per heavy atom. The lowest BCUT2D eigenvalue weighted by Gasteiger charge is -2.27. The fourth-order valence-corrected chi connectivity index (χ4v) is 2.04. The predicted octanol–water partition coefficient (Wildman–Crippen LogP) is 3.03. The molecule has 0 spiro atoms. The molecule has 1 heterocycles. The van der Waals surface area contributed by atoms with E-state index in [1.165, 1.54) is 19.3 Å². The fourth-order valence-electron chi connectivity index (χ4n) is 1.58. The molecule has 1 aromatic rings. The van der Waals surface area contributed by atoms with Crippen LogP contribution < -0.4 is 10.6 Å². The molecule has 4 nitrogen and oxygen atoms in total. The minimum absolute atomic E-state index is 0.588. The molecule has 2 rings (SSSR count). The molecule has 88 valence electrons. The van der Waals surface area contributed by atoms with E-state index in [1.54, 1.807) is 6.33 Å². The van der Waals surface area contributed by atoms with E-state index >= 15 is 0 Å². The molecule has 2 N–H and O–H groups in total. The normalized spacial score (nSPS) is 15.6. The third-order valence-electron chi connectivity index (χ3n) is 2.78. The Labute approximate surface area is 104 Å². The summed E-state index contributed by atoms with van der Waals surface area (Å²) in [4.78, 5) is 8.48. The summed E-state index contributed by atoms with van der Waals surface area (Å²) in [7, 11) is 0. The van der Waals surface area contributed by atoms with E-state index in [9.17, 15) is 0 Å². The van der Waals surface area contributed by atoms with Crippen molar-refractivity contribution < 1.29 is 0 Å². The molecule has 0 bridgehead atoms. The molecular weight excluding hydrogens is 268 g/mol. The number of nitrogens with zero attached hydrogens (tertiary/aromatic N) is 2. The zero-order chi connectivity index (χ0) is 11.4.